The number of carbonyl (C=O) groups excluding carboxylic acids is 1. The zero-order valence-electron chi connectivity index (χ0n) is 17.8. The van der Waals surface area contributed by atoms with Crippen molar-refractivity contribution in [2.24, 2.45) is 11.8 Å². The van der Waals surface area contributed by atoms with Crippen molar-refractivity contribution in [2.45, 2.75) is 52.9 Å². The van der Waals surface area contributed by atoms with Crippen LogP contribution < -0.4 is 0 Å². The molecule has 2 aromatic heterocycles. The molecule has 152 valence electrons. The Labute approximate surface area is 176 Å². The number of fused-ring (bicyclic) bond motifs is 3. The Balaban J connectivity index is 1.60. The lowest BCUT2D eigenvalue weighted by Gasteiger charge is -2.13. The zero-order valence-corrected chi connectivity index (χ0v) is 17.8. The average molecular weight is 399 g/mol. The Hall–Kier alpha value is -2.88. The number of para-hydroxylation sites is 2. The quantitative estimate of drug-likeness (QED) is 0.504. The SMILES string of the molecule is C/C(Cc1cc(C)oc1C)=C1\C(=C(C2CC2)C2CC2)C(=O)n2c1nc1ccccc12. The molecule has 3 heterocycles. The van der Waals surface area contributed by atoms with Crippen LogP contribution in [0.2, 0.25) is 0 Å². The van der Waals surface area contributed by atoms with Gasteiger partial charge in [-0.15, -0.1) is 0 Å². The molecule has 0 bridgehead atoms. The molecule has 0 spiro atoms. The van der Waals surface area contributed by atoms with Crippen LogP contribution in [0.25, 0.3) is 16.6 Å². The van der Waals surface area contributed by atoms with Crippen molar-refractivity contribution in [3.63, 3.8) is 0 Å². The third-order valence-electron chi connectivity index (χ3n) is 6.80. The minimum Gasteiger partial charge on any atom is -0.466 e. The molecule has 4 heteroatoms. The monoisotopic (exact) mass is 398 g/mol. The largest absolute Gasteiger partial charge is 0.466 e. The van der Waals surface area contributed by atoms with Crippen molar-refractivity contribution < 1.29 is 9.21 Å². The zero-order chi connectivity index (χ0) is 20.6. The molecule has 6 rings (SSSR count). The van der Waals surface area contributed by atoms with Gasteiger partial charge in [-0.05, 0) is 88.5 Å². The van der Waals surface area contributed by atoms with Gasteiger partial charge < -0.3 is 4.42 Å². The smallest absolute Gasteiger partial charge is 0.264 e. The number of hydrogen-bond donors (Lipinski definition) is 0. The van der Waals surface area contributed by atoms with Gasteiger partial charge in [0.15, 0.2) is 0 Å². The van der Waals surface area contributed by atoms with Crippen LogP contribution in [0, 0.1) is 25.7 Å². The highest BCUT2D eigenvalue weighted by Crippen LogP contribution is 2.54. The van der Waals surface area contributed by atoms with Crippen LogP contribution in [-0.4, -0.2) is 15.5 Å². The van der Waals surface area contributed by atoms with Crippen LogP contribution in [0.3, 0.4) is 0 Å². The summed E-state index contributed by atoms with van der Waals surface area (Å²) in [7, 11) is 0. The minimum absolute atomic E-state index is 0.127. The van der Waals surface area contributed by atoms with Gasteiger partial charge in [-0.25, -0.2) is 4.98 Å². The van der Waals surface area contributed by atoms with Crippen molar-refractivity contribution in [1.29, 1.82) is 0 Å². The standard InChI is InChI=1S/C26H26N2O2/c1-14(12-19-13-15(2)30-16(19)3)22-24(23(17-8-9-17)18-10-11-18)26(29)28-21-7-5-4-6-20(21)27-25(22)28/h4-7,13,17-18H,8-12H2,1-3H3/b22-14-. The molecule has 1 aliphatic heterocycles. The molecule has 2 aliphatic carbocycles. The Morgan fingerprint density at radius 1 is 1.10 bits per heavy atom. The maximum atomic E-state index is 13.8. The second kappa shape index (κ2) is 6.31. The first kappa shape index (κ1) is 17.9. The Kier molecular flexibility index (Phi) is 3.77. The van der Waals surface area contributed by atoms with Crippen molar-refractivity contribution >= 4 is 22.5 Å². The van der Waals surface area contributed by atoms with Crippen molar-refractivity contribution in [2.75, 3.05) is 0 Å². The fourth-order valence-corrected chi connectivity index (χ4v) is 5.17. The van der Waals surface area contributed by atoms with Crippen molar-refractivity contribution in [3.8, 4) is 0 Å². The van der Waals surface area contributed by atoms with E-state index in [4.69, 9.17) is 9.40 Å². The first-order valence-corrected chi connectivity index (χ1v) is 11.1. The van der Waals surface area contributed by atoms with E-state index in [0.29, 0.717) is 11.8 Å². The van der Waals surface area contributed by atoms with E-state index >= 15 is 0 Å². The van der Waals surface area contributed by atoms with E-state index < -0.39 is 0 Å². The number of carbonyl (C=O) groups is 1. The van der Waals surface area contributed by atoms with E-state index in [2.05, 4.69) is 13.0 Å². The van der Waals surface area contributed by atoms with Crippen LogP contribution in [0.15, 0.2) is 51.5 Å². The van der Waals surface area contributed by atoms with Crippen LogP contribution in [-0.2, 0) is 6.42 Å². The highest BCUT2D eigenvalue weighted by molar-refractivity contribution is 6.19. The predicted octanol–water partition coefficient (Wildman–Crippen LogP) is 6.03. The summed E-state index contributed by atoms with van der Waals surface area (Å²) in [6.07, 6.45) is 5.66. The Bertz CT molecular complexity index is 1260. The number of furan rings is 1. The van der Waals surface area contributed by atoms with E-state index in [1.54, 1.807) is 0 Å². The molecule has 0 saturated heterocycles. The average Bonchev–Trinajstić information content (AvgIpc) is 3.62. The molecular formula is C26H26N2O2. The van der Waals surface area contributed by atoms with Crippen LogP contribution in [0.4, 0.5) is 0 Å². The molecule has 3 aliphatic rings. The summed E-state index contributed by atoms with van der Waals surface area (Å²) in [4.78, 5) is 18.8. The summed E-state index contributed by atoms with van der Waals surface area (Å²) in [5.74, 6) is 4.02. The molecule has 0 N–H and O–H groups in total. The van der Waals surface area contributed by atoms with Gasteiger partial charge in [-0.2, -0.15) is 0 Å². The summed E-state index contributed by atoms with van der Waals surface area (Å²) < 4.78 is 7.63. The number of nitrogens with zero attached hydrogens (tertiary/aromatic N) is 2. The number of imidazole rings is 1. The first-order valence-electron chi connectivity index (χ1n) is 11.1. The molecule has 0 amide bonds. The summed E-state index contributed by atoms with van der Waals surface area (Å²) in [6, 6.07) is 10.1. The maximum absolute atomic E-state index is 13.8. The third-order valence-corrected chi connectivity index (χ3v) is 6.80. The van der Waals surface area contributed by atoms with Crippen LogP contribution in [0.5, 0.6) is 0 Å². The number of rotatable bonds is 4. The maximum Gasteiger partial charge on any atom is 0.264 e. The Morgan fingerprint density at radius 2 is 1.80 bits per heavy atom. The van der Waals surface area contributed by atoms with Crippen LogP contribution in [0.1, 0.15) is 60.3 Å². The lowest BCUT2D eigenvalue weighted by Crippen LogP contribution is -2.10. The van der Waals surface area contributed by atoms with E-state index in [1.807, 2.05) is 42.7 Å². The second-order valence-electron chi connectivity index (χ2n) is 9.21. The molecule has 3 aromatic rings. The highest BCUT2D eigenvalue weighted by atomic mass is 16.3. The number of hydrogen-bond acceptors (Lipinski definition) is 3. The van der Waals surface area contributed by atoms with Gasteiger partial charge in [-0.1, -0.05) is 23.3 Å². The van der Waals surface area contributed by atoms with Gasteiger partial charge in [0.25, 0.3) is 5.91 Å². The normalized spacial score (nSPS) is 20.2. The minimum atomic E-state index is 0.127. The molecule has 2 saturated carbocycles. The lowest BCUT2D eigenvalue weighted by molar-refractivity contribution is 0.0970. The molecule has 1 aromatic carbocycles. The van der Waals surface area contributed by atoms with E-state index in [9.17, 15) is 4.79 Å². The molecule has 30 heavy (non-hydrogen) atoms. The topological polar surface area (TPSA) is 48.0 Å². The van der Waals surface area contributed by atoms with Gasteiger partial charge in [0.1, 0.15) is 17.3 Å². The van der Waals surface area contributed by atoms with Crippen LogP contribution >= 0.6 is 0 Å². The molecule has 0 radical (unpaired) electrons. The summed E-state index contributed by atoms with van der Waals surface area (Å²) >= 11 is 0. The number of allylic oxidation sites excluding steroid dienone is 4. The van der Waals surface area contributed by atoms with Gasteiger partial charge in [0.2, 0.25) is 0 Å². The van der Waals surface area contributed by atoms with E-state index in [-0.39, 0.29) is 5.91 Å². The summed E-state index contributed by atoms with van der Waals surface area (Å²) in [5.41, 5.74) is 7.66. The molecule has 0 atom stereocenters. The van der Waals surface area contributed by atoms with E-state index in [0.717, 1.165) is 45.9 Å². The van der Waals surface area contributed by atoms with Gasteiger partial charge in [0, 0.05) is 5.57 Å². The number of aromatic nitrogens is 2. The fraction of sp³-hybridized carbons (Fsp3) is 0.385. The van der Waals surface area contributed by atoms with Gasteiger partial charge >= 0.3 is 0 Å². The van der Waals surface area contributed by atoms with E-state index in [1.165, 1.54) is 42.4 Å². The summed E-state index contributed by atoms with van der Waals surface area (Å²) in [6.45, 7) is 6.17. The van der Waals surface area contributed by atoms with Crippen molar-refractivity contribution in [1.82, 2.24) is 9.55 Å². The fourth-order valence-electron chi connectivity index (χ4n) is 5.17. The predicted molar refractivity (Wildman–Crippen MR) is 117 cm³/mol. The van der Waals surface area contributed by atoms with Gasteiger partial charge in [-0.3, -0.25) is 9.36 Å². The van der Waals surface area contributed by atoms with Gasteiger partial charge in [0.05, 0.1) is 16.6 Å². The lowest BCUT2D eigenvalue weighted by atomic mass is 9.90. The molecule has 4 nitrogen and oxygen atoms in total. The highest BCUT2D eigenvalue weighted by Gasteiger charge is 2.45. The molecule has 2 fully saturated rings. The summed E-state index contributed by atoms with van der Waals surface area (Å²) in [5, 5.41) is 0. The molecule has 0 unspecified atom stereocenters. The first-order chi connectivity index (χ1) is 14.5. The second-order valence-corrected chi connectivity index (χ2v) is 9.21. The third kappa shape index (κ3) is 2.66. The van der Waals surface area contributed by atoms with Crippen molar-refractivity contribution in [3.05, 3.63) is 70.0 Å². The number of benzene rings is 1. The number of aryl methyl sites for hydroxylation is 2. The Morgan fingerprint density at radius 3 is 2.43 bits per heavy atom. The molecular weight excluding hydrogens is 372 g/mol.